The van der Waals surface area contributed by atoms with Gasteiger partial charge in [0, 0.05) is 37.8 Å². The number of amides is 2. The molecule has 2 fully saturated rings. The number of alkyl halides is 3. The van der Waals surface area contributed by atoms with Gasteiger partial charge in [-0.25, -0.2) is 4.79 Å². The highest BCUT2D eigenvalue weighted by Crippen LogP contribution is 2.33. The van der Waals surface area contributed by atoms with Crippen LogP contribution in [0.5, 0.6) is 5.75 Å². The Morgan fingerprint density at radius 3 is 2.32 bits per heavy atom. The van der Waals surface area contributed by atoms with Gasteiger partial charge in [0.25, 0.3) is 5.91 Å². The summed E-state index contributed by atoms with van der Waals surface area (Å²) in [5.74, 6) is -0.600. The molecule has 2 aliphatic heterocycles. The number of hydrogen-bond acceptors (Lipinski definition) is 5. The topological polar surface area (TPSA) is 95.9 Å². The summed E-state index contributed by atoms with van der Waals surface area (Å²) in [5.41, 5.74) is 1.93. The summed E-state index contributed by atoms with van der Waals surface area (Å²) in [4.78, 5) is 43.3. The number of carbonyl (C=O) groups excluding carboxylic acids is 2. The van der Waals surface area contributed by atoms with Crippen LogP contribution in [-0.4, -0.2) is 59.1 Å². The number of nitrogens with zero attached hydrogens (tertiary/aromatic N) is 2. The molecule has 0 aliphatic carbocycles. The average Bonchev–Trinajstić information content (AvgIpc) is 3.37. The lowest BCUT2D eigenvalue weighted by Gasteiger charge is -2.21. The maximum Gasteiger partial charge on any atom is 0.573 e. The third-order valence-corrected chi connectivity index (χ3v) is 6.91. The van der Waals surface area contributed by atoms with Crippen LogP contribution >= 0.6 is 0 Å². The fourth-order valence-corrected chi connectivity index (χ4v) is 5.05. The number of ether oxygens (including phenoxy) is 1. The van der Waals surface area contributed by atoms with E-state index < -0.39 is 12.1 Å². The Balaban J connectivity index is 1.15. The van der Waals surface area contributed by atoms with Gasteiger partial charge < -0.3 is 19.0 Å². The molecular weight excluding hydrogens is 491 g/mol. The zero-order chi connectivity index (χ0) is 26.2. The number of rotatable bonds is 4. The number of hydrogen-bond donors (Lipinski definition) is 1. The van der Waals surface area contributed by atoms with Crippen molar-refractivity contribution in [2.75, 3.05) is 26.2 Å². The third-order valence-electron chi connectivity index (χ3n) is 6.91. The molecule has 194 valence electrons. The third kappa shape index (κ3) is 5.71. The summed E-state index contributed by atoms with van der Waals surface area (Å²) in [7, 11) is 0. The normalized spacial score (nSPS) is 20.3. The standard InChI is InChI=1S/C26H24F3N3O5/c27-26(28,29)37-20-5-1-16(2-6-20)3-8-23(33)31-11-9-18-14-32(15-19(18)10-12-31)24(34)17-4-7-21-22(13-17)36-25(35)30-21/h1-8,13,18-19H,9-12,14-15H2,(H,30,35)/b8-3+/t18-,19+. The first-order valence-corrected chi connectivity index (χ1v) is 11.9. The van der Waals surface area contributed by atoms with Gasteiger partial charge in [0.2, 0.25) is 5.91 Å². The quantitative estimate of drug-likeness (QED) is 0.529. The molecule has 0 bridgehead atoms. The molecule has 2 saturated heterocycles. The van der Waals surface area contributed by atoms with E-state index in [1.165, 1.54) is 30.3 Å². The predicted molar refractivity (Wildman–Crippen MR) is 128 cm³/mol. The Morgan fingerprint density at radius 2 is 1.68 bits per heavy atom. The van der Waals surface area contributed by atoms with Crippen molar-refractivity contribution in [3.63, 3.8) is 0 Å². The molecule has 2 amide bonds. The van der Waals surface area contributed by atoms with E-state index in [1.54, 1.807) is 29.2 Å². The summed E-state index contributed by atoms with van der Waals surface area (Å²) in [6.07, 6.45) is -0.230. The van der Waals surface area contributed by atoms with E-state index in [4.69, 9.17) is 4.42 Å². The summed E-state index contributed by atoms with van der Waals surface area (Å²) in [6, 6.07) is 10.2. The van der Waals surface area contributed by atoms with Gasteiger partial charge in [-0.15, -0.1) is 13.2 Å². The van der Waals surface area contributed by atoms with Crippen molar-refractivity contribution in [1.29, 1.82) is 0 Å². The van der Waals surface area contributed by atoms with Crippen molar-refractivity contribution in [3.05, 3.63) is 70.2 Å². The molecule has 8 nitrogen and oxygen atoms in total. The Kier molecular flexibility index (Phi) is 6.53. The second kappa shape index (κ2) is 9.79. The molecule has 0 unspecified atom stereocenters. The van der Waals surface area contributed by atoms with Gasteiger partial charge in [-0.2, -0.15) is 0 Å². The number of fused-ring (bicyclic) bond motifs is 2. The molecule has 1 N–H and O–H groups in total. The highest BCUT2D eigenvalue weighted by atomic mass is 19.4. The van der Waals surface area contributed by atoms with Crippen LogP contribution in [0.25, 0.3) is 17.2 Å². The number of benzene rings is 2. The summed E-state index contributed by atoms with van der Waals surface area (Å²) >= 11 is 0. The van der Waals surface area contributed by atoms with E-state index in [0.29, 0.717) is 48.4 Å². The molecule has 11 heteroatoms. The number of carbonyl (C=O) groups is 2. The van der Waals surface area contributed by atoms with Crippen molar-refractivity contribution in [3.8, 4) is 5.75 Å². The molecule has 2 aliphatic rings. The molecule has 0 radical (unpaired) electrons. The van der Waals surface area contributed by atoms with Crippen LogP contribution in [0.1, 0.15) is 28.8 Å². The maximum atomic E-state index is 13.1. The van der Waals surface area contributed by atoms with Gasteiger partial charge in [0.1, 0.15) is 5.75 Å². The number of likely N-dealkylation sites (tertiary alicyclic amines) is 2. The Hall–Kier alpha value is -4.02. The Bertz CT molecular complexity index is 1380. The number of aromatic amines is 1. The van der Waals surface area contributed by atoms with Crippen molar-refractivity contribution in [2.24, 2.45) is 11.8 Å². The summed E-state index contributed by atoms with van der Waals surface area (Å²) in [6.45, 7) is 2.32. The Morgan fingerprint density at radius 1 is 1.00 bits per heavy atom. The minimum atomic E-state index is -4.75. The smallest absolute Gasteiger partial charge is 0.408 e. The lowest BCUT2D eigenvalue weighted by Crippen LogP contribution is -2.33. The van der Waals surface area contributed by atoms with E-state index in [9.17, 15) is 27.6 Å². The summed E-state index contributed by atoms with van der Waals surface area (Å²) < 4.78 is 45.8. The Labute approximate surface area is 209 Å². The molecule has 37 heavy (non-hydrogen) atoms. The SMILES string of the molecule is O=C(/C=C/c1ccc(OC(F)(F)F)cc1)N1CC[C@@H]2CN(C(=O)c3ccc4[nH]c(=O)oc4c3)C[C@@H]2CC1. The van der Waals surface area contributed by atoms with Gasteiger partial charge in [0.15, 0.2) is 5.58 Å². The second-order valence-corrected chi connectivity index (χ2v) is 9.31. The zero-order valence-corrected chi connectivity index (χ0v) is 19.7. The molecule has 1 aromatic heterocycles. The van der Waals surface area contributed by atoms with Gasteiger partial charge in [-0.1, -0.05) is 12.1 Å². The lowest BCUT2D eigenvalue weighted by molar-refractivity contribution is -0.274. The number of aromatic nitrogens is 1. The minimum absolute atomic E-state index is 0.110. The molecule has 5 rings (SSSR count). The first-order valence-electron chi connectivity index (χ1n) is 11.9. The molecule has 3 heterocycles. The van der Waals surface area contributed by atoms with Crippen molar-refractivity contribution < 1.29 is 31.9 Å². The highest BCUT2D eigenvalue weighted by Gasteiger charge is 2.37. The molecule has 2 atom stereocenters. The van der Waals surface area contributed by atoms with Gasteiger partial charge in [-0.05, 0) is 66.6 Å². The predicted octanol–water partition coefficient (Wildman–Crippen LogP) is 4.04. The maximum absolute atomic E-state index is 13.1. The van der Waals surface area contributed by atoms with Crippen LogP contribution in [0, 0.1) is 11.8 Å². The highest BCUT2D eigenvalue weighted by molar-refractivity contribution is 5.97. The van der Waals surface area contributed by atoms with Crippen molar-refractivity contribution >= 4 is 29.0 Å². The number of H-pyrrole nitrogens is 1. The monoisotopic (exact) mass is 515 g/mol. The van der Waals surface area contributed by atoms with Crippen molar-refractivity contribution in [1.82, 2.24) is 14.8 Å². The van der Waals surface area contributed by atoms with E-state index in [1.807, 2.05) is 4.90 Å². The molecular formula is C26H24F3N3O5. The molecule has 0 saturated carbocycles. The molecule has 2 aromatic carbocycles. The van der Waals surface area contributed by atoms with Crippen LogP contribution < -0.4 is 10.5 Å². The minimum Gasteiger partial charge on any atom is -0.408 e. The van der Waals surface area contributed by atoms with E-state index >= 15 is 0 Å². The fraction of sp³-hybridized carbons (Fsp3) is 0.346. The number of oxazole rings is 1. The average molecular weight is 515 g/mol. The van der Waals surface area contributed by atoms with Gasteiger partial charge in [0.05, 0.1) is 5.52 Å². The van der Waals surface area contributed by atoms with Crippen LogP contribution in [0.2, 0.25) is 0 Å². The van der Waals surface area contributed by atoms with Crippen molar-refractivity contribution in [2.45, 2.75) is 19.2 Å². The summed E-state index contributed by atoms with van der Waals surface area (Å²) in [5, 5.41) is 0. The van der Waals surface area contributed by atoms with Gasteiger partial charge in [-0.3, -0.25) is 14.6 Å². The van der Waals surface area contributed by atoms with Crippen LogP contribution in [-0.2, 0) is 4.79 Å². The molecule has 3 aromatic rings. The first-order chi connectivity index (χ1) is 17.6. The second-order valence-electron chi connectivity index (χ2n) is 9.31. The van der Waals surface area contributed by atoms with E-state index in [2.05, 4.69) is 9.72 Å². The van der Waals surface area contributed by atoms with Crippen LogP contribution in [0.15, 0.2) is 57.8 Å². The molecule has 0 spiro atoms. The first kappa shape index (κ1) is 24.7. The fourth-order valence-electron chi connectivity index (χ4n) is 5.05. The van der Waals surface area contributed by atoms with E-state index in [0.717, 1.165) is 12.8 Å². The lowest BCUT2D eigenvalue weighted by atomic mass is 9.92. The number of halogens is 3. The van der Waals surface area contributed by atoms with Crippen LogP contribution in [0.3, 0.4) is 0 Å². The zero-order valence-electron chi connectivity index (χ0n) is 19.7. The number of nitrogens with one attached hydrogen (secondary N) is 1. The van der Waals surface area contributed by atoms with E-state index in [-0.39, 0.29) is 29.4 Å². The largest absolute Gasteiger partial charge is 0.573 e. The van der Waals surface area contributed by atoms with Gasteiger partial charge >= 0.3 is 12.1 Å². The van der Waals surface area contributed by atoms with Crippen LogP contribution in [0.4, 0.5) is 13.2 Å².